The summed E-state index contributed by atoms with van der Waals surface area (Å²) in [5.41, 5.74) is 2.60. The van der Waals surface area contributed by atoms with Gasteiger partial charge in [-0.15, -0.1) is 0 Å². The van der Waals surface area contributed by atoms with Crippen molar-refractivity contribution in [1.29, 1.82) is 0 Å². The van der Waals surface area contributed by atoms with Gasteiger partial charge in [0.05, 0.1) is 6.61 Å². The predicted molar refractivity (Wildman–Crippen MR) is 119 cm³/mol. The lowest BCUT2D eigenvalue weighted by Crippen LogP contribution is -2.49. The Balaban J connectivity index is 2.66. The Morgan fingerprint density at radius 1 is 1.00 bits per heavy atom. The molecule has 0 fully saturated rings. The Labute approximate surface area is 174 Å². The fourth-order valence-corrected chi connectivity index (χ4v) is 9.91. The molecule has 0 bridgehead atoms. The summed E-state index contributed by atoms with van der Waals surface area (Å²) in [6.45, 7) is 15.7. The Hall–Kier alpha value is -0.853. The molecule has 0 aliphatic carbocycles. The van der Waals surface area contributed by atoms with Crippen LogP contribution in [0.4, 0.5) is 4.79 Å². The number of nitrogens with zero attached hydrogens (tertiary/aromatic N) is 1. The summed E-state index contributed by atoms with van der Waals surface area (Å²) in [6, 6.07) is 9.76. The second kappa shape index (κ2) is 11.9. The number of benzene rings is 1. The van der Waals surface area contributed by atoms with Crippen LogP contribution in [0.15, 0.2) is 30.3 Å². The van der Waals surface area contributed by atoms with Crippen molar-refractivity contribution in [3.05, 3.63) is 35.9 Å². The quantitative estimate of drug-likeness (QED) is 0.292. The molecule has 0 saturated heterocycles. The van der Waals surface area contributed by atoms with E-state index in [-0.39, 0.29) is 6.09 Å². The van der Waals surface area contributed by atoms with E-state index in [0.717, 1.165) is 5.56 Å². The average Bonchev–Trinajstić information content (AvgIpc) is 2.62. The van der Waals surface area contributed by atoms with E-state index in [2.05, 4.69) is 57.5 Å². The first-order chi connectivity index (χ1) is 12.8. The van der Waals surface area contributed by atoms with Crippen LogP contribution in [0.3, 0.4) is 0 Å². The van der Waals surface area contributed by atoms with Crippen molar-refractivity contribution in [2.24, 2.45) is 0 Å². The van der Waals surface area contributed by atoms with E-state index >= 15 is 0 Å². The molecule has 0 radical (unpaired) electrons. The van der Waals surface area contributed by atoms with Crippen molar-refractivity contribution in [3.63, 3.8) is 0 Å². The van der Waals surface area contributed by atoms with Crippen molar-refractivity contribution in [3.8, 4) is 0 Å². The number of hydrogen-bond acceptors (Lipinski definition) is 3. The number of alkyl halides is 1. The van der Waals surface area contributed by atoms with Crippen molar-refractivity contribution in [2.75, 3.05) is 25.0 Å². The smallest absolute Gasteiger partial charge is 0.410 e. The molecule has 0 atom stereocenters. The number of rotatable bonds is 11. The number of halogens is 1. The maximum absolute atomic E-state index is 12.5. The molecule has 1 aromatic carbocycles. The van der Waals surface area contributed by atoms with Gasteiger partial charge in [-0.05, 0) is 22.2 Å². The maximum Gasteiger partial charge on any atom is 0.410 e. The Bertz CT molecular complexity index is 530. The molecule has 0 aliphatic rings. The number of carbonyl (C=O) groups is 1. The van der Waals surface area contributed by atoms with Gasteiger partial charge in [-0.2, -0.15) is 0 Å². The van der Waals surface area contributed by atoms with Crippen LogP contribution in [-0.4, -0.2) is 44.3 Å². The van der Waals surface area contributed by atoms with Gasteiger partial charge in [0, 0.05) is 18.4 Å². The first-order valence-electron chi connectivity index (χ1n) is 9.91. The lowest BCUT2D eigenvalue weighted by Gasteiger charge is -2.42. The van der Waals surface area contributed by atoms with Crippen LogP contribution in [0, 0.1) is 0 Å². The molecule has 4 nitrogen and oxygen atoms in total. The average molecular weight is 459 g/mol. The van der Waals surface area contributed by atoms with E-state index in [1.807, 2.05) is 30.3 Å². The summed E-state index contributed by atoms with van der Waals surface area (Å²) in [5.74, 6) is 0. The van der Waals surface area contributed by atoms with Gasteiger partial charge in [-0.3, -0.25) is 0 Å². The van der Waals surface area contributed by atoms with Gasteiger partial charge in [0.25, 0.3) is 0 Å². The van der Waals surface area contributed by atoms with Crippen LogP contribution >= 0.6 is 15.9 Å². The summed E-state index contributed by atoms with van der Waals surface area (Å²) >= 11 is 3.43. The van der Waals surface area contributed by atoms with E-state index in [1.165, 1.54) is 0 Å². The van der Waals surface area contributed by atoms with Gasteiger partial charge in [0.1, 0.15) is 6.61 Å². The number of ether oxygens (including phenoxy) is 1. The third kappa shape index (κ3) is 6.91. The Morgan fingerprint density at radius 2 is 1.56 bits per heavy atom. The van der Waals surface area contributed by atoms with Crippen molar-refractivity contribution >= 4 is 30.3 Å². The van der Waals surface area contributed by atoms with E-state index in [4.69, 9.17) is 9.16 Å². The normalized spacial score (nSPS) is 12.1. The molecule has 6 heteroatoms. The van der Waals surface area contributed by atoms with Crippen molar-refractivity contribution < 1.29 is 14.0 Å². The first-order valence-corrected chi connectivity index (χ1v) is 13.2. The fraction of sp³-hybridized carbons (Fsp3) is 0.667. The molecule has 1 aromatic rings. The molecule has 0 heterocycles. The first kappa shape index (κ1) is 24.2. The van der Waals surface area contributed by atoms with Crippen LogP contribution in [0.5, 0.6) is 0 Å². The van der Waals surface area contributed by atoms with Gasteiger partial charge < -0.3 is 14.1 Å². The largest absolute Gasteiger partial charge is 0.445 e. The molecule has 0 N–H and O–H groups in total. The SMILES string of the molecule is CC(C)[Si](OCCN(CCBr)C(=O)OCc1ccccc1)(C(C)C)C(C)C. The molecule has 1 amide bonds. The predicted octanol–water partition coefficient (Wildman–Crippen LogP) is 6.21. The highest BCUT2D eigenvalue weighted by atomic mass is 79.9. The molecule has 0 aliphatic heterocycles. The molecule has 0 saturated carbocycles. The lowest BCUT2D eigenvalue weighted by molar-refractivity contribution is 0.0915. The Morgan fingerprint density at radius 3 is 2.04 bits per heavy atom. The fourth-order valence-electron chi connectivity index (χ4n) is 4.04. The number of amides is 1. The molecule has 154 valence electrons. The van der Waals surface area contributed by atoms with Gasteiger partial charge in [-0.1, -0.05) is 87.8 Å². The van der Waals surface area contributed by atoms with Gasteiger partial charge in [-0.25, -0.2) is 4.79 Å². The minimum absolute atomic E-state index is 0.284. The number of carbonyl (C=O) groups excluding carboxylic acids is 1. The Kier molecular flexibility index (Phi) is 10.6. The zero-order valence-corrected chi connectivity index (χ0v) is 20.3. The summed E-state index contributed by atoms with van der Waals surface area (Å²) in [7, 11) is -1.91. The van der Waals surface area contributed by atoms with Crippen LogP contribution in [0.25, 0.3) is 0 Å². The highest BCUT2D eigenvalue weighted by Crippen LogP contribution is 2.42. The van der Waals surface area contributed by atoms with E-state index in [0.29, 0.717) is 48.3 Å². The molecule has 27 heavy (non-hydrogen) atoms. The van der Waals surface area contributed by atoms with Gasteiger partial charge >= 0.3 is 6.09 Å². The van der Waals surface area contributed by atoms with Crippen LogP contribution in [-0.2, 0) is 15.8 Å². The number of hydrogen-bond donors (Lipinski definition) is 0. The van der Waals surface area contributed by atoms with E-state index < -0.39 is 8.32 Å². The van der Waals surface area contributed by atoms with E-state index in [1.54, 1.807) is 4.90 Å². The highest BCUT2D eigenvalue weighted by molar-refractivity contribution is 9.09. The monoisotopic (exact) mass is 457 g/mol. The molecule has 0 spiro atoms. The van der Waals surface area contributed by atoms with Crippen molar-refractivity contribution in [2.45, 2.75) is 64.8 Å². The van der Waals surface area contributed by atoms with E-state index in [9.17, 15) is 4.79 Å². The van der Waals surface area contributed by atoms with Crippen molar-refractivity contribution in [1.82, 2.24) is 4.90 Å². The summed E-state index contributed by atoms with van der Waals surface area (Å²) in [4.78, 5) is 14.2. The van der Waals surface area contributed by atoms with Crippen LogP contribution in [0.1, 0.15) is 47.1 Å². The summed E-state index contributed by atoms with van der Waals surface area (Å²) in [6.07, 6.45) is -0.284. The van der Waals surface area contributed by atoms with Crippen LogP contribution < -0.4 is 0 Å². The standard InChI is InChI=1S/C21H36BrNO3Si/c1-17(2)27(18(3)4,19(5)6)26-15-14-23(13-12-22)21(24)25-16-20-10-8-7-9-11-20/h7-11,17-19H,12-16H2,1-6H3. The second-order valence-electron chi connectivity index (χ2n) is 7.88. The van der Waals surface area contributed by atoms with Crippen LogP contribution in [0.2, 0.25) is 16.6 Å². The molecule has 0 unspecified atom stereocenters. The summed E-state index contributed by atoms with van der Waals surface area (Å²) in [5, 5.41) is 0.717. The highest BCUT2D eigenvalue weighted by Gasteiger charge is 2.44. The molecule has 1 rings (SSSR count). The summed E-state index contributed by atoms with van der Waals surface area (Å²) < 4.78 is 12.1. The van der Waals surface area contributed by atoms with Gasteiger partial charge in [0.2, 0.25) is 0 Å². The topological polar surface area (TPSA) is 38.8 Å². The molecular formula is C21H36BrNO3Si. The minimum Gasteiger partial charge on any atom is -0.445 e. The van der Waals surface area contributed by atoms with Gasteiger partial charge in [0.15, 0.2) is 8.32 Å². The zero-order chi connectivity index (χ0) is 20.4. The second-order valence-corrected chi connectivity index (χ2v) is 14.1. The lowest BCUT2D eigenvalue weighted by atomic mass is 10.2. The minimum atomic E-state index is -1.91. The molecular weight excluding hydrogens is 422 g/mol. The third-order valence-corrected chi connectivity index (χ3v) is 11.7. The maximum atomic E-state index is 12.5. The third-order valence-electron chi connectivity index (χ3n) is 5.24. The molecule has 0 aromatic heterocycles. The zero-order valence-electron chi connectivity index (χ0n) is 17.7.